The number of ether oxygens (including phenoxy) is 1. The first-order valence-electron chi connectivity index (χ1n) is 5.30. The minimum Gasteiger partial charge on any atom is -0.439 e. The van der Waals surface area contributed by atoms with Gasteiger partial charge in [-0.05, 0) is 30.7 Å². The maximum atomic E-state index is 5.75. The topological polar surface area (TPSA) is 48.1 Å². The smallest absolute Gasteiger partial charge is 0.219 e. The first-order valence-corrected chi connectivity index (χ1v) is 6.09. The van der Waals surface area contributed by atoms with Crippen molar-refractivity contribution in [2.24, 2.45) is 5.73 Å². The van der Waals surface area contributed by atoms with Gasteiger partial charge in [-0.15, -0.1) is 0 Å². The monoisotopic (exact) mass is 292 g/mol. The van der Waals surface area contributed by atoms with E-state index in [2.05, 4.69) is 20.9 Å². The lowest BCUT2D eigenvalue weighted by Gasteiger charge is -2.07. The summed E-state index contributed by atoms with van der Waals surface area (Å²) >= 11 is 3.39. The highest BCUT2D eigenvalue weighted by molar-refractivity contribution is 9.10. The Kier molecular flexibility index (Phi) is 3.76. The number of hydrogen-bond acceptors (Lipinski definition) is 3. The van der Waals surface area contributed by atoms with Crippen LogP contribution in [0, 0.1) is 0 Å². The van der Waals surface area contributed by atoms with Crippen molar-refractivity contribution in [2.45, 2.75) is 13.0 Å². The van der Waals surface area contributed by atoms with E-state index in [-0.39, 0.29) is 6.04 Å². The highest BCUT2D eigenvalue weighted by Crippen LogP contribution is 2.23. The molecule has 0 aliphatic rings. The lowest BCUT2D eigenvalue weighted by Crippen LogP contribution is -2.05. The van der Waals surface area contributed by atoms with Gasteiger partial charge < -0.3 is 10.5 Å². The van der Waals surface area contributed by atoms with Crippen LogP contribution in [0.4, 0.5) is 0 Å². The molecular weight excluding hydrogens is 280 g/mol. The van der Waals surface area contributed by atoms with E-state index in [0.717, 1.165) is 15.8 Å². The first-order chi connectivity index (χ1) is 8.15. The van der Waals surface area contributed by atoms with Crippen LogP contribution in [0.15, 0.2) is 47.1 Å². The van der Waals surface area contributed by atoms with Crippen LogP contribution < -0.4 is 10.5 Å². The summed E-state index contributed by atoms with van der Waals surface area (Å²) in [6.45, 7) is 1.92. The van der Waals surface area contributed by atoms with Crippen LogP contribution in [0.3, 0.4) is 0 Å². The van der Waals surface area contributed by atoms with Crippen LogP contribution in [0.1, 0.15) is 18.5 Å². The largest absolute Gasteiger partial charge is 0.439 e. The molecule has 0 saturated carbocycles. The molecule has 1 atom stereocenters. The van der Waals surface area contributed by atoms with Crippen molar-refractivity contribution in [1.82, 2.24) is 4.98 Å². The van der Waals surface area contributed by atoms with Gasteiger partial charge in [0.15, 0.2) is 0 Å². The van der Waals surface area contributed by atoms with Crippen LogP contribution in [0.25, 0.3) is 0 Å². The minimum atomic E-state index is -0.0116. The molecular formula is C13H13BrN2O. The zero-order valence-corrected chi connectivity index (χ0v) is 11.0. The zero-order valence-electron chi connectivity index (χ0n) is 9.43. The third kappa shape index (κ3) is 3.28. The van der Waals surface area contributed by atoms with Crippen molar-refractivity contribution in [3.8, 4) is 11.6 Å². The summed E-state index contributed by atoms with van der Waals surface area (Å²) in [5.74, 6) is 1.31. The molecule has 88 valence electrons. The normalized spacial score (nSPS) is 12.2. The second kappa shape index (κ2) is 5.29. The number of hydrogen-bond donors (Lipinski definition) is 1. The molecule has 1 aromatic carbocycles. The average Bonchev–Trinajstić information content (AvgIpc) is 2.29. The van der Waals surface area contributed by atoms with Crippen molar-refractivity contribution >= 4 is 15.9 Å². The molecule has 0 amide bonds. The molecule has 0 unspecified atom stereocenters. The Balaban J connectivity index is 2.14. The van der Waals surface area contributed by atoms with Gasteiger partial charge >= 0.3 is 0 Å². The number of rotatable bonds is 3. The summed E-state index contributed by atoms with van der Waals surface area (Å²) in [4.78, 5) is 4.21. The number of nitrogens with zero attached hydrogens (tertiary/aromatic N) is 1. The fourth-order valence-electron chi connectivity index (χ4n) is 1.37. The number of aromatic nitrogens is 1. The van der Waals surface area contributed by atoms with Crippen LogP contribution >= 0.6 is 15.9 Å². The van der Waals surface area contributed by atoms with Crippen LogP contribution in [0.2, 0.25) is 0 Å². The SMILES string of the molecule is C[C@@H](N)c1ccc(Oc2cccc(Br)c2)nc1. The molecule has 0 saturated heterocycles. The fraction of sp³-hybridized carbons (Fsp3) is 0.154. The molecule has 1 heterocycles. The van der Waals surface area contributed by atoms with Crippen molar-refractivity contribution in [3.63, 3.8) is 0 Å². The maximum Gasteiger partial charge on any atom is 0.219 e. The van der Waals surface area contributed by atoms with Gasteiger partial charge in [0.05, 0.1) is 0 Å². The molecule has 17 heavy (non-hydrogen) atoms. The van der Waals surface area contributed by atoms with Gasteiger partial charge in [-0.1, -0.05) is 28.1 Å². The molecule has 0 aliphatic carbocycles. The summed E-state index contributed by atoms with van der Waals surface area (Å²) in [6.07, 6.45) is 1.73. The van der Waals surface area contributed by atoms with Crippen LogP contribution in [-0.4, -0.2) is 4.98 Å². The summed E-state index contributed by atoms with van der Waals surface area (Å²) in [7, 11) is 0. The molecule has 2 aromatic rings. The Bertz CT molecular complexity index is 497. The van der Waals surface area contributed by atoms with Gasteiger partial charge in [0.1, 0.15) is 5.75 Å². The van der Waals surface area contributed by atoms with E-state index in [1.165, 1.54) is 0 Å². The van der Waals surface area contributed by atoms with Gasteiger partial charge in [0.25, 0.3) is 0 Å². The second-order valence-electron chi connectivity index (χ2n) is 3.78. The Morgan fingerprint density at radius 2 is 2.12 bits per heavy atom. The predicted molar refractivity (Wildman–Crippen MR) is 71.1 cm³/mol. The van der Waals surface area contributed by atoms with E-state index in [4.69, 9.17) is 10.5 Å². The lowest BCUT2D eigenvalue weighted by atomic mass is 10.2. The molecule has 3 nitrogen and oxygen atoms in total. The van der Waals surface area contributed by atoms with Crippen molar-refractivity contribution in [3.05, 3.63) is 52.6 Å². The first kappa shape index (κ1) is 12.1. The molecule has 1 aromatic heterocycles. The van der Waals surface area contributed by atoms with Crippen molar-refractivity contribution in [2.75, 3.05) is 0 Å². The standard InChI is InChI=1S/C13H13BrN2O/c1-9(15)10-5-6-13(16-8-10)17-12-4-2-3-11(14)7-12/h2-9H,15H2,1H3/t9-/m1/s1. The molecule has 0 spiro atoms. The van der Waals surface area contributed by atoms with Gasteiger partial charge in [-0.2, -0.15) is 0 Å². The number of benzene rings is 1. The number of halogens is 1. The third-order valence-corrected chi connectivity index (χ3v) is 2.80. The van der Waals surface area contributed by atoms with E-state index >= 15 is 0 Å². The Labute approximate surface area is 109 Å². The molecule has 0 aliphatic heterocycles. The van der Waals surface area contributed by atoms with Gasteiger partial charge in [-0.25, -0.2) is 4.98 Å². The second-order valence-corrected chi connectivity index (χ2v) is 4.69. The fourth-order valence-corrected chi connectivity index (χ4v) is 1.75. The highest BCUT2D eigenvalue weighted by atomic mass is 79.9. The van der Waals surface area contributed by atoms with E-state index in [9.17, 15) is 0 Å². The molecule has 0 fully saturated rings. The highest BCUT2D eigenvalue weighted by Gasteiger charge is 2.02. The minimum absolute atomic E-state index is 0.0116. The maximum absolute atomic E-state index is 5.75. The van der Waals surface area contributed by atoms with Crippen molar-refractivity contribution in [1.29, 1.82) is 0 Å². The number of nitrogens with two attached hydrogens (primary N) is 1. The Morgan fingerprint density at radius 1 is 1.29 bits per heavy atom. The van der Waals surface area contributed by atoms with Crippen LogP contribution in [0.5, 0.6) is 11.6 Å². The van der Waals surface area contributed by atoms with E-state index < -0.39 is 0 Å². The molecule has 0 bridgehead atoms. The summed E-state index contributed by atoms with van der Waals surface area (Å²) in [5.41, 5.74) is 6.74. The predicted octanol–water partition coefficient (Wildman–Crippen LogP) is 3.66. The Hall–Kier alpha value is -1.39. The van der Waals surface area contributed by atoms with Gasteiger partial charge in [0, 0.05) is 22.8 Å². The van der Waals surface area contributed by atoms with Gasteiger partial charge in [0.2, 0.25) is 5.88 Å². The summed E-state index contributed by atoms with van der Waals surface area (Å²) in [6, 6.07) is 11.4. The van der Waals surface area contributed by atoms with Crippen molar-refractivity contribution < 1.29 is 4.74 Å². The average molecular weight is 293 g/mol. The molecule has 2 N–H and O–H groups in total. The Morgan fingerprint density at radius 3 is 2.71 bits per heavy atom. The molecule has 4 heteroatoms. The van der Waals surface area contributed by atoms with E-state index in [1.54, 1.807) is 6.20 Å². The van der Waals surface area contributed by atoms with Crippen LogP contribution in [-0.2, 0) is 0 Å². The zero-order chi connectivity index (χ0) is 12.3. The molecule has 2 rings (SSSR count). The summed E-state index contributed by atoms with van der Waals surface area (Å²) in [5, 5.41) is 0. The third-order valence-electron chi connectivity index (χ3n) is 2.30. The summed E-state index contributed by atoms with van der Waals surface area (Å²) < 4.78 is 6.59. The van der Waals surface area contributed by atoms with E-state index in [0.29, 0.717) is 5.88 Å². The van der Waals surface area contributed by atoms with Gasteiger partial charge in [-0.3, -0.25) is 0 Å². The lowest BCUT2D eigenvalue weighted by molar-refractivity contribution is 0.462. The van der Waals surface area contributed by atoms with E-state index in [1.807, 2.05) is 43.3 Å². The number of pyridine rings is 1. The quantitative estimate of drug-likeness (QED) is 0.939. The molecule has 0 radical (unpaired) electrons.